The van der Waals surface area contributed by atoms with Gasteiger partial charge in [-0.3, -0.25) is 4.79 Å². The fourth-order valence-electron chi connectivity index (χ4n) is 3.42. The van der Waals surface area contributed by atoms with Crippen molar-refractivity contribution in [1.82, 2.24) is 0 Å². The molecule has 12 heavy (non-hydrogen) atoms. The van der Waals surface area contributed by atoms with E-state index in [-0.39, 0.29) is 0 Å². The maximum absolute atomic E-state index is 11.7. The van der Waals surface area contributed by atoms with Gasteiger partial charge in [0.25, 0.3) is 0 Å². The molecule has 0 aliphatic heterocycles. The number of ketones is 1. The van der Waals surface area contributed by atoms with Gasteiger partial charge in [-0.15, -0.1) is 0 Å². The second kappa shape index (κ2) is 1.84. The summed E-state index contributed by atoms with van der Waals surface area (Å²) in [6, 6.07) is 0. The van der Waals surface area contributed by atoms with Gasteiger partial charge < -0.3 is 0 Å². The molecule has 0 amide bonds. The van der Waals surface area contributed by atoms with Crippen LogP contribution in [0.15, 0.2) is 12.2 Å². The van der Waals surface area contributed by atoms with Gasteiger partial charge in [-0.25, -0.2) is 0 Å². The van der Waals surface area contributed by atoms with E-state index in [1.165, 1.54) is 0 Å². The first-order valence-electron chi connectivity index (χ1n) is 4.94. The van der Waals surface area contributed by atoms with Gasteiger partial charge in [-0.1, -0.05) is 26.0 Å². The molecule has 0 bridgehead atoms. The third-order valence-electron chi connectivity index (χ3n) is 4.45. The predicted molar refractivity (Wildman–Crippen MR) is 46.4 cm³/mol. The molecule has 0 aromatic heterocycles. The first-order chi connectivity index (χ1) is 5.72. The second-order valence-corrected chi connectivity index (χ2v) is 4.69. The summed E-state index contributed by atoms with van der Waals surface area (Å²) in [5, 5.41) is 0. The topological polar surface area (TPSA) is 17.1 Å². The quantitative estimate of drug-likeness (QED) is 0.497. The molecule has 2 fully saturated rings. The van der Waals surface area contributed by atoms with Gasteiger partial charge in [-0.2, -0.15) is 0 Å². The molecule has 0 aromatic carbocycles. The molecular weight excluding hydrogens is 148 g/mol. The fraction of sp³-hybridized carbons (Fsp3) is 0.727. The Morgan fingerprint density at radius 2 is 1.83 bits per heavy atom. The Bertz CT molecular complexity index is 279. The molecule has 6 atom stereocenters. The monoisotopic (exact) mass is 162 g/mol. The fourth-order valence-corrected chi connectivity index (χ4v) is 3.42. The summed E-state index contributed by atoms with van der Waals surface area (Å²) in [6.45, 7) is 4.35. The lowest BCUT2D eigenvalue weighted by Crippen LogP contribution is -2.50. The van der Waals surface area contributed by atoms with Crippen molar-refractivity contribution in [2.24, 2.45) is 35.5 Å². The van der Waals surface area contributed by atoms with Crippen LogP contribution in [0.4, 0.5) is 0 Å². The van der Waals surface area contributed by atoms with Crippen molar-refractivity contribution >= 4 is 5.78 Å². The van der Waals surface area contributed by atoms with Gasteiger partial charge in [0.1, 0.15) is 5.78 Å². The molecule has 3 rings (SSSR count). The van der Waals surface area contributed by atoms with Crippen molar-refractivity contribution in [2.45, 2.75) is 13.8 Å². The number of allylic oxidation sites excluding steroid dienone is 2. The van der Waals surface area contributed by atoms with Crippen LogP contribution in [0, 0.1) is 35.5 Å². The largest absolute Gasteiger partial charge is 0.299 e. The van der Waals surface area contributed by atoms with Crippen LogP contribution in [0.3, 0.4) is 0 Å². The average Bonchev–Trinajstić information content (AvgIpc) is 2.18. The van der Waals surface area contributed by atoms with E-state index in [2.05, 4.69) is 26.0 Å². The minimum absolute atomic E-state index is 0.326. The molecule has 0 radical (unpaired) electrons. The smallest absolute Gasteiger partial charge is 0.139 e. The summed E-state index contributed by atoms with van der Waals surface area (Å²) in [6.07, 6.45) is 4.53. The van der Waals surface area contributed by atoms with Crippen LogP contribution in [0.25, 0.3) is 0 Å². The number of hydrogen-bond acceptors (Lipinski definition) is 1. The second-order valence-electron chi connectivity index (χ2n) is 4.69. The molecule has 3 aliphatic carbocycles. The molecule has 64 valence electrons. The van der Waals surface area contributed by atoms with Crippen LogP contribution in [0.2, 0.25) is 0 Å². The van der Waals surface area contributed by atoms with Crippen molar-refractivity contribution in [3.8, 4) is 0 Å². The number of rotatable bonds is 0. The molecular formula is C11H14O. The maximum atomic E-state index is 11.7. The molecule has 0 saturated heterocycles. The van der Waals surface area contributed by atoms with E-state index in [1.807, 2.05) is 0 Å². The summed E-state index contributed by atoms with van der Waals surface area (Å²) >= 11 is 0. The Kier molecular flexibility index (Phi) is 1.05. The number of hydrogen-bond donors (Lipinski definition) is 0. The Balaban J connectivity index is 1.98. The van der Waals surface area contributed by atoms with Crippen molar-refractivity contribution in [2.75, 3.05) is 0 Å². The number of carbonyl (C=O) groups excluding carboxylic acids is 1. The van der Waals surface area contributed by atoms with E-state index in [0.29, 0.717) is 35.4 Å². The van der Waals surface area contributed by atoms with E-state index in [1.54, 1.807) is 0 Å². The Morgan fingerprint density at radius 1 is 1.17 bits per heavy atom. The zero-order valence-electron chi connectivity index (χ0n) is 7.53. The zero-order valence-corrected chi connectivity index (χ0v) is 7.53. The summed E-state index contributed by atoms with van der Waals surface area (Å²) in [7, 11) is 0. The van der Waals surface area contributed by atoms with Crippen LogP contribution in [-0.2, 0) is 4.79 Å². The maximum Gasteiger partial charge on any atom is 0.139 e. The lowest BCUT2D eigenvalue weighted by molar-refractivity contribution is -0.130. The molecule has 1 heteroatoms. The molecule has 0 N–H and O–H groups in total. The van der Waals surface area contributed by atoms with E-state index in [9.17, 15) is 4.79 Å². The van der Waals surface area contributed by atoms with E-state index in [4.69, 9.17) is 0 Å². The van der Waals surface area contributed by atoms with E-state index < -0.39 is 0 Å². The summed E-state index contributed by atoms with van der Waals surface area (Å²) < 4.78 is 0. The highest BCUT2D eigenvalue weighted by atomic mass is 16.1. The number of Topliss-reactive ketones (excluding diaryl/α,β-unsaturated/α-hetero) is 1. The van der Waals surface area contributed by atoms with Gasteiger partial charge in [0.2, 0.25) is 0 Å². The van der Waals surface area contributed by atoms with Crippen LogP contribution < -0.4 is 0 Å². The molecule has 1 nitrogen and oxygen atoms in total. The van der Waals surface area contributed by atoms with Crippen molar-refractivity contribution in [3.63, 3.8) is 0 Å². The average molecular weight is 162 g/mol. The molecule has 2 saturated carbocycles. The summed E-state index contributed by atoms with van der Waals surface area (Å²) in [5.74, 6) is 4.06. The molecule has 0 aromatic rings. The lowest BCUT2D eigenvalue weighted by Gasteiger charge is -2.52. The molecule has 0 heterocycles. The number of fused-ring (bicyclic) bond motifs is 4. The van der Waals surface area contributed by atoms with Crippen molar-refractivity contribution < 1.29 is 4.79 Å². The Labute approximate surface area is 72.8 Å². The van der Waals surface area contributed by atoms with E-state index in [0.717, 1.165) is 5.92 Å². The van der Waals surface area contributed by atoms with Crippen LogP contribution in [-0.4, -0.2) is 5.78 Å². The minimum atomic E-state index is 0.326. The standard InChI is InChI=1S/C11H14O/c1-5-6(2)11(12)10-8-4-3-7(8)9(5)10/h3-10H,1-2H3/t5-,6-,7?,8-,9?,10?/m1/s1. The Hall–Kier alpha value is -0.590. The number of carbonyl (C=O) groups is 1. The SMILES string of the molecule is C[C@H]1C(=O)C2C(C3C=C[C@H]32)[C@@H]1C. The highest BCUT2D eigenvalue weighted by molar-refractivity contribution is 5.88. The third-order valence-corrected chi connectivity index (χ3v) is 4.45. The highest BCUT2D eigenvalue weighted by Crippen LogP contribution is 2.62. The van der Waals surface area contributed by atoms with Crippen molar-refractivity contribution in [3.05, 3.63) is 12.2 Å². The Morgan fingerprint density at radius 3 is 2.33 bits per heavy atom. The van der Waals surface area contributed by atoms with Crippen LogP contribution >= 0.6 is 0 Å². The molecule has 0 spiro atoms. The first kappa shape index (κ1) is 6.88. The highest BCUT2D eigenvalue weighted by Gasteiger charge is 2.62. The van der Waals surface area contributed by atoms with E-state index >= 15 is 0 Å². The predicted octanol–water partition coefficient (Wildman–Crippen LogP) is 1.89. The van der Waals surface area contributed by atoms with Crippen molar-refractivity contribution in [1.29, 1.82) is 0 Å². The summed E-state index contributed by atoms with van der Waals surface area (Å²) in [4.78, 5) is 11.7. The zero-order chi connectivity index (χ0) is 8.46. The lowest BCUT2D eigenvalue weighted by atomic mass is 9.51. The van der Waals surface area contributed by atoms with Gasteiger partial charge in [-0.05, 0) is 23.7 Å². The van der Waals surface area contributed by atoms with Gasteiger partial charge in [0, 0.05) is 11.8 Å². The molecule has 3 unspecified atom stereocenters. The van der Waals surface area contributed by atoms with Crippen LogP contribution in [0.1, 0.15) is 13.8 Å². The summed E-state index contributed by atoms with van der Waals surface area (Å²) in [5.41, 5.74) is 0. The third kappa shape index (κ3) is 0.502. The molecule has 3 aliphatic rings. The van der Waals surface area contributed by atoms with Gasteiger partial charge in [0.05, 0.1) is 0 Å². The minimum Gasteiger partial charge on any atom is -0.299 e. The van der Waals surface area contributed by atoms with Gasteiger partial charge >= 0.3 is 0 Å². The normalized spacial score (nSPS) is 60.3. The first-order valence-corrected chi connectivity index (χ1v) is 4.94. The van der Waals surface area contributed by atoms with Crippen LogP contribution in [0.5, 0.6) is 0 Å². The van der Waals surface area contributed by atoms with Gasteiger partial charge in [0.15, 0.2) is 0 Å².